The second kappa shape index (κ2) is 5.52. The lowest BCUT2D eigenvalue weighted by Crippen LogP contribution is -2.42. The Hall–Kier alpha value is -2.10. The number of hydrogen-bond acceptors (Lipinski definition) is 3. The summed E-state index contributed by atoms with van der Waals surface area (Å²) in [5.74, 6) is 0.0216. The van der Waals surface area contributed by atoms with Gasteiger partial charge in [-0.15, -0.1) is 0 Å². The summed E-state index contributed by atoms with van der Waals surface area (Å²) in [6, 6.07) is 7.43. The number of benzene rings is 1. The predicted octanol–water partition coefficient (Wildman–Crippen LogP) is 3.33. The Bertz CT molecular complexity index is 702. The molecule has 1 aliphatic carbocycles. The van der Waals surface area contributed by atoms with Crippen LogP contribution >= 0.6 is 0 Å². The fourth-order valence-electron chi connectivity index (χ4n) is 3.83. The molecule has 0 aromatic heterocycles. The van der Waals surface area contributed by atoms with Crippen LogP contribution in [0, 0.1) is 5.41 Å². The molecule has 0 radical (unpaired) electrons. The van der Waals surface area contributed by atoms with E-state index in [9.17, 15) is 14.7 Å². The molecule has 1 atom stereocenters. The Morgan fingerprint density at radius 2 is 1.96 bits per heavy atom. The molecule has 1 aromatic carbocycles. The third kappa shape index (κ3) is 2.78. The molecule has 0 bridgehead atoms. The maximum atomic E-state index is 12.7. The van der Waals surface area contributed by atoms with Crippen LogP contribution in [0.25, 0.3) is 0 Å². The van der Waals surface area contributed by atoms with Crippen LogP contribution < -0.4 is 0 Å². The van der Waals surface area contributed by atoms with Crippen LogP contribution in [0.4, 0.5) is 0 Å². The van der Waals surface area contributed by atoms with E-state index in [-0.39, 0.29) is 22.9 Å². The summed E-state index contributed by atoms with van der Waals surface area (Å²) < 4.78 is 0. The normalized spacial score (nSPS) is 23.7. The van der Waals surface area contributed by atoms with E-state index in [1.165, 1.54) is 6.92 Å². The number of aliphatic hydroxyl groups excluding tert-OH is 1. The molecular formula is C19H23NO3. The Labute approximate surface area is 136 Å². The fourth-order valence-corrected chi connectivity index (χ4v) is 3.83. The van der Waals surface area contributed by atoms with Crippen molar-refractivity contribution in [1.29, 1.82) is 0 Å². The van der Waals surface area contributed by atoms with Crippen LogP contribution in [0.1, 0.15) is 50.8 Å². The molecule has 4 heteroatoms. The number of carbonyl (C=O) groups excluding carboxylic acids is 2. The molecule has 1 unspecified atom stereocenters. The predicted molar refractivity (Wildman–Crippen MR) is 88.0 cm³/mol. The number of amides is 1. The summed E-state index contributed by atoms with van der Waals surface area (Å²) in [5.41, 5.74) is 2.28. The van der Waals surface area contributed by atoms with Gasteiger partial charge in [-0.3, -0.25) is 9.59 Å². The number of hydrogen-bond donors (Lipinski definition) is 1. The average Bonchev–Trinajstić information content (AvgIpc) is 2.45. The molecule has 2 aliphatic rings. The molecule has 0 saturated carbocycles. The molecule has 1 aromatic rings. The molecule has 0 spiro atoms. The Balaban J connectivity index is 2.15. The van der Waals surface area contributed by atoms with Gasteiger partial charge in [0.1, 0.15) is 5.76 Å². The van der Waals surface area contributed by atoms with Crippen molar-refractivity contribution in [3.8, 4) is 0 Å². The van der Waals surface area contributed by atoms with Crippen molar-refractivity contribution in [3.63, 3.8) is 0 Å². The van der Waals surface area contributed by atoms with Crippen molar-refractivity contribution in [3.05, 3.63) is 46.7 Å². The lowest BCUT2D eigenvalue weighted by Gasteiger charge is -2.40. The van der Waals surface area contributed by atoms with Crippen molar-refractivity contribution in [2.75, 3.05) is 6.54 Å². The van der Waals surface area contributed by atoms with Crippen molar-refractivity contribution in [2.24, 2.45) is 5.41 Å². The zero-order valence-corrected chi connectivity index (χ0v) is 13.9. The molecule has 122 valence electrons. The quantitative estimate of drug-likeness (QED) is 0.865. The van der Waals surface area contributed by atoms with E-state index < -0.39 is 6.04 Å². The number of fused-ring (bicyclic) bond motifs is 1. The van der Waals surface area contributed by atoms with Crippen molar-refractivity contribution >= 4 is 11.7 Å². The summed E-state index contributed by atoms with van der Waals surface area (Å²) in [4.78, 5) is 26.6. The number of carbonyl (C=O) groups is 2. The number of allylic oxidation sites excluding steroid dienone is 1. The Morgan fingerprint density at radius 3 is 2.61 bits per heavy atom. The van der Waals surface area contributed by atoms with Crippen molar-refractivity contribution in [2.45, 2.75) is 46.1 Å². The van der Waals surface area contributed by atoms with Gasteiger partial charge in [-0.1, -0.05) is 38.1 Å². The molecule has 23 heavy (non-hydrogen) atoms. The van der Waals surface area contributed by atoms with Gasteiger partial charge >= 0.3 is 0 Å². The SMILES string of the molecule is CC(=O)N1CCc2ccccc2C1C1=C(O)CC(C)(C)CC1=O. The highest BCUT2D eigenvalue weighted by Crippen LogP contribution is 2.44. The van der Waals surface area contributed by atoms with E-state index >= 15 is 0 Å². The van der Waals surface area contributed by atoms with Crippen LogP contribution in [0.5, 0.6) is 0 Å². The maximum absolute atomic E-state index is 12.7. The molecule has 0 fully saturated rings. The van der Waals surface area contributed by atoms with Crippen LogP contribution in [0.2, 0.25) is 0 Å². The molecule has 0 saturated heterocycles. The van der Waals surface area contributed by atoms with Crippen molar-refractivity contribution in [1.82, 2.24) is 4.90 Å². The molecule has 1 amide bonds. The van der Waals surface area contributed by atoms with Gasteiger partial charge in [-0.25, -0.2) is 0 Å². The first kappa shape index (κ1) is 15.8. The maximum Gasteiger partial charge on any atom is 0.220 e. The van der Waals surface area contributed by atoms with Gasteiger partial charge in [0.2, 0.25) is 5.91 Å². The van der Waals surface area contributed by atoms with Gasteiger partial charge in [0.15, 0.2) is 5.78 Å². The molecule has 1 aliphatic heterocycles. The minimum atomic E-state index is -0.457. The van der Waals surface area contributed by atoms with Crippen molar-refractivity contribution < 1.29 is 14.7 Å². The Kier molecular flexibility index (Phi) is 3.78. The lowest BCUT2D eigenvalue weighted by atomic mass is 9.73. The largest absolute Gasteiger partial charge is 0.512 e. The second-order valence-electron chi connectivity index (χ2n) is 7.37. The van der Waals surface area contributed by atoms with Crippen LogP contribution in [0.3, 0.4) is 0 Å². The van der Waals surface area contributed by atoms with E-state index in [1.54, 1.807) is 4.90 Å². The zero-order chi connectivity index (χ0) is 16.8. The number of ketones is 1. The molecule has 1 N–H and O–H groups in total. The molecule has 1 heterocycles. The number of nitrogens with zero attached hydrogens (tertiary/aromatic N) is 1. The summed E-state index contributed by atoms with van der Waals surface area (Å²) in [6.07, 6.45) is 1.65. The minimum absolute atomic E-state index is 0.0493. The second-order valence-corrected chi connectivity index (χ2v) is 7.37. The summed E-state index contributed by atoms with van der Waals surface area (Å²) in [5, 5.41) is 10.6. The van der Waals surface area contributed by atoms with E-state index in [0.29, 0.717) is 25.0 Å². The third-order valence-electron chi connectivity index (χ3n) is 4.86. The molecule has 3 rings (SSSR count). The molecule has 4 nitrogen and oxygen atoms in total. The standard InChI is InChI=1S/C19H23NO3/c1-12(21)20-9-8-13-6-4-5-7-14(13)18(20)17-15(22)10-19(2,3)11-16(17)23/h4-7,18,22H,8-11H2,1-3H3. The van der Waals surface area contributed by atoms with Crippen LogP contribution in [-0.4, -0.2) is 28.2 Å². The zero-order valence-electron chi connectivity index (χ0n) is 13.9. The minimum Gasteiger partial charge on any atom is -0.512 e. The first-order chi connectivity index (χ1) is 10.8. The highest BCUT2D eigenvalue weighted by Gasteiger charge is 2.41. The summed E-state index contributed by atoms with van der Waals surface area (Å²) >= 11 is 0. The monoisotopic (exact) mass is 313 g/mol. The topological polar surface area (TPSA) is 57.6 Å². The highest BCUT2D eigenvalue weighted by molar-refractivity contribution is 5.99. The van der Waals surface area contributed by atoms with Gasteiger partial charge in [0, 0.05) is 26.3 Å². The van der Waals surface area contributed by atoms with Gasteiger partial charge in [-0.05, 0) is 23.0 Å². The van der Waals surface area contributed by atoms with Gasteiger partial charge < -0.3 is 10.0 Å². The van der Waals surface area contributed by atoms with E-state index in [2.05, 4.69) is 0 Å². The first-order valence-electron chi connectivity index (χ1n) is 8.10. The summed E-state index contributed by atoms with van der Waals surface area (Å²) in [6.45, 7) is 6.06. The summed E-state index contributed by atoms with van der Waals surface area (Å²) in [7, 11) is 0. The van der Waals surface area contributed by atoms with E-state index in [4.69, 9.17) is 0 Å². The first-order valence-corrected chi connectivity index (χ1v) is 8.10. The number of aliphatic hydroxyl groups is 1. The number of Topliss-reactive ketones (excluding diaryl/α,β-unsaturated/α-hetero) is 1. The van der Waals surface area contributed by atoms with Crippen LogP contribution in [-0.2, 0) is 16.0 Å². The van der Waals surface area contributed by atoms with E-state index in [0.717, 1.165) is 17.5 Å². The average molecular weight is 313 g/mol. The third-order valence-corrected chi connectivity index (χ3v) is 4.86. The smallest absolute Gasteiger partial charge is 0.220 e. The van der Waals surface area contributed by atoms with Crippen LogP contribution in [0.15, 0.2) is 35.6 Å². The van der Waals surface area contributed by atoms with E-state index in [1.807, 2.05) is 38.1 Å². The lowest BCUT2D eigenvalue weighted by molar-refractivity contribution is -0.131. The Morgan fingerprint density at radius 1 is 1.26 bits per heavy atom. The number of rotatable bonds is 1. The highest BCUT2D eigenvalue weighted by atomic mass is 16.3. The van der Waals surface area contributed by atoms with Gasteiger partial charge in [0.25, 0.3) is 0 Å². The fraction of sp³-hybridized carbons (Fsp3) is 0.474. The van der Waals surface area contributed by atoms with Gasteiger partial charge in [-0.2, -0.15) is 0 Å². The molecular weight excluding hydrogens is 290 g/mol. The van der Waals surface area contributed by atoms with Gasteiger partial charge in [0.05, 0.1) is 11.6 Å².